The molecule has 23 heavy (non-hydrogen) atoms. The Bertz CT molecular complexity index is 507. The maximum Gasteiger partial charge on any atom is 0.420 e. The highest BCUT2D eigenvalue weighted by molar-refractivity contribution is 7.80. The van der Waals surface area contributed by atoms with Crippen LogP contribution in [0.5, 0.6) is 5.75 Å². The molecule has 0 spiro atoms. The van der Waals surface area contributed by atoms with E-state index in [4.69, 9.17) is 10.5 Å². The molecule has 0 radical (unpaired) electrons. The second kappa shape index (κ2) is 9.60. The first-order chi connectivity index (χ1) is 10.8. The van der Waals surface area contributed by atoms with Gasteiger partial charge < -0.3 is 15.8 Å². The number of hydrogen-bond acceptors (Lipinski definition) is 2. The van der Waals surface area contributed by atoms with Crippen molar-refractivity contribution < 1.29 is 17.9 Å². The first kappa shape index (κ1) is 19.5. The monoisotopic (exact) mass is 348 g/mol. The molecule has 130 valence electrons. The minimum absolute atomic E-state index is 0.0844. The van der Waals surface area contributed by atoms with Gasteiger partial charge in [0.2, 0.25) is 0 Å². The van der Waals surface area contributed by atoms with Gasteiger partial charge >= 0.3 is 6.18 Å². The van der Waals surface area contributed by atoms with Crippen LogP contribution >= 0.6 is 12.2 Å². The van der Waals surface area contributed by atoms with Gasteiger partial charge in [-0.05, 0) is 36.8 Å². The van der Waals surface area contributed by atoms with Crippen LogP contribution in [0.25, 0.3) is 0 Å². The average Bonchev–Trinajstić information content (AvgIpc) is 2.46. The van der Waals surface area contributed by atoms with Crippen LogP contribution in [0, 0.1) is 0 Å². The molecule has 0 saturated heterocycles. The largest absolute Gasteiger partial charge is 0.493 e. The maximum atomic E-state index is 13.1. The summed E-state index contributed by atoms with van der Waals surface area (Å²) in [7, 11) is 0. The van der Waals surface area contributed by atoms with Gasteiger partial charge in [-0.1, -0.05) is 39.0 Å². The standard InChI is InChI=1S/C16H23F3N2OS/c1-2-3-4-5-6-7-10-22-14-9-8-12(21-15(20)23)11-13(14)16(17,18)19/h8-9,11H,2-7,10H2,1H3,(H3,20,21,23). The van der Waals surface area contributed by atoms with Crippen molar-refractivity contribution in [1.29, 1.82) is 0 Å². The number of thiocarbonyl (C=S) groups is 1. The van der Waals surface area contributed by atoms with Crippen molar-refractivity contribution in [2.24, 2.45) is 5.73 Å². The molecule has 3 nitrogen and oxygen atoms in total. The first-order valence-corrected chi connectivity index (χ1v) is 8.16. The zero-order valence-corrected chi connectivity index (χ0v) is 14.0. The summed E-state index contributed by atoms with van der Waals surface area (Å²) in [5.41, 5.74) is 4.64. The number of hydrogen-bond donors (Lipinski definition) is 2. The Balaban J connectivity index is 2.61. The molecule has 0 aliphatic carbocycles. The van der Waals surface area contributed by atoms with Crippen LogP contribution in [0.2, 0.25) is 0 Å². The van der Waals surface area contributed by atoms with E-state index in [0.717, 1.165) is 38.2 Å². The topological polar surface area (TPSA) is 47.3 Å². The van der Waals surface area contributed by atoms with E-state index in [2.05, 4.69) is 24.5 Å². The lowest BCUT2D eigenvalue weighted by atomic mass is 10.1. The van der Waals surface area contributed by atoms with Crippen LogP contribution in [-0.4, -0.2) is 11.7 Å². The van der Waals surface area contributed by atoms with Crippen LogP contribution in [0.3, 0.4) is 0 Å². The molecule has 0 heterocycles. The molecule has 1 aromatic rings. The second-order valence-electron chi connectivity index (χ2n) is 5.31. The highest BCUT2D eigenvalue weighted by Crippen LogP contribution is 2.38. The molecule has 0 saturated carbocycles. The van der Waals surface area contributed by atoms with Crippen LogP contribution < -0.4 is 15.8 Å². The summed E-state index contributed by atoms with van der Waals surface area (Å²) in [6.07, 6.45) is 1.80. The number of alkyl halides is 3. The lowest BCUT2D eigenvalue weighted by molar-refractivity contribution is -0.138. The van der Waals surface area contributed by atoms with Crippen LogP contribution in [0.15, 0.2) is 18.2 Å². The minimum atomic E-state index is -4.50. The Morgan fingerprint density at radius 3 is 2.43 bits per heavy atom. The fourth-order valence-corrected chi connectivity index (χ4v) is 2.28. The SMILES string of the molecule is CCCCCCCCOc1ccc(NC(N)=S)cc1C(F)(F)F. The van der Waals surface area contributed by atoms with Gasteiger partial charge in [-0.2, -0.15) is 13.2 Å². The fourth-order valence-electron chi connectivity index (χ4n) is 2.16. The minimum Gasteiger partial charge on any atom is -0.493 e. The molecule has 0 aromatic heterocycles. The Morgan fingerprint density at radius 2 is 1.83 bits per heavy atom. The smallest absolute Gasteiger partial charge is 0.420 e. The van der Waals surface area contributed by atoms with Gasteiger partial charge in [0.15, 0.2) is 5.11 Å². The molecule has 0 atom stereocenters. The van der Waals surface area contributed by atoms with E-state index < -0.39 is 11.7 Å². The summed E-state index contributed by atoms with van der Waals surface area (Å²) in [6, 6.07) is 3.71. The summed E-state index contributed by atoms with van der Waals surface area (Å²) in [4.78, 5) is 0. The number of anilines is 1. The zero-order valence-electron chi connectivity index (χ0n) is 13.2. The molecule has 3 N–H and O–H groups in total. The van der Waals surface area contributed by atoms with Gasteiger partial charge in [-0.15, -0.1) is 0 Å². The summed E-state index contributed by atoms with van der Waals surface area (Å²) in [5, 5.41) is 2.41. The third-order valence-corrected chi connectivity index (χ3v) is 3.41. The van der Waals surface area contributed by atoms with E-state index in [1.165, 1.54) is 18.6 Å². The Kier molecular flexibility index (Phi) is 8.16. The van der Waals surface area contributed by atoms with Crippen molar-refractivity contribution in [3.8, 4) is 5.75 Å². The lowest BCUT2D eigenvalue weighted by Gasteiger charge is -2.16. The summed E-state index contributed by atoms with van der Waals surface area (Å²) in [5.74, 6) is -0.167. The van der Waals surface area contributed by atoms with Crippen molar-refractivity contribution in [2.75, 3.05) is 11.9 Å². The van der Waals surface area contributed by atoms with Gasteiger partial charge in [-0.25, -0.2) is 0 Å². The van der Waals surface area contributed by atoms with Crippen LogP contribution in [-0.2, 0) is 6.18 Å². The predicted octanol–water partition coefficient (Wildman–Crippen LogP) is 5.10. The van der Waals surface area contributed by atoms with Crippen molar-refractivity contribution in [2.45, 2.75) is 51.6 Å². The highest BCUT2D eigenvalue weighted by Gasteiger charge is 2.34. The molecule has 1 rings (SSSR count). The van der Waals surface area contributed by atoms with Gasteiger partial charge in [0.05, 0.1) is 12.2 Å². The number of rotatable bonds is 9. The van der Waals surface area contributed by atoms with Crippen molar-refractivity contribution in [3.63, 3.8) is 0 Å². The lowest BCUT2D eigenvalue weighted by Crippen LogP contribution is -2.19. The maximum absolute atomic E-state index is 13.1. The molecule has 0 fully saturated rings. The second-order valence-corrected chi connectivity index (χ2v) is 5.75. The third kappa shape index (κ3) is 7.54. The molecular weight excluding hydrogens is 325 g/mol. The van der Waals surface area contributed by atoms with Crippen molar-refractivity contribution in [3.05, 3.63) is 23.8 Å². The molecule has 0 unspecified atom stereocenters. The van der Waals surface area contributed by atoms with Gasteiger partial charge in [0, 0.05) is 5.69 Å². The van der Waals surface area contributed by atoms with E-state index in [1.54, 1.807) is 0 Å². The number of unbranched alkanes of at least 4 members (excludes halogenated alkanes) is 5. The number of ether oxygens (including phenoxy) is 1. The van der Waals surface area contributed by atoms with Crippen LogP contribution in [0.4, 0.5) is 18.9 Å². The van der Waals surface area contributed by atoms with Gasteiger partial charge in [0.1, 0.15) is 5.75 Å². The third-order valence-electron chi connectivity index (χ3n) is 3.31. The van der Waals surface area contributed by atoms with E-state index in [1.807, 2.05) is 0 Å². The molecule has 0 aliphatic heterocycles. The zero-order chi connectivity index (χ0) is 17.3. The average molecular weight is 348 g/mol. The van der Waals surface area contributed by atoms with Crippen molar-refractivity contribution in [1.82, 2.24) is 0 Å². The Morgan fingerprint density at radius 1 is 1.17 bits per heavy atom. The number of nitrogens with one attached hydrogen (secondary N) is 1. The Labute approximate surface area is 140 Å². The summed E-state index contributed by atoms with van der Waals surface area (Å²) >= 11 is 4.63. The molecular formula is C16H23F3N2OS. The fraction of sp³-hybridized carbons (Fsp3) is 0.562. The van der Waals surface area contributed by atoms with E-state index >= 15 is 0 Å². The van der Waals surface area contributed by atoms with E-state index in [9.17, 15) is 13.2 Å². The normalized spacial score (nSPS) is 11.3. The molecule has 1 aromatic carbocycles. The predicted molar refractivity (Wildman–Crippen MR) is 90.7 cm³/mol. The number of nitrogens with two attached hydrogens (primary N) is 1. The van der Waals surface area contributed by atoms with E-state index in [0.29, 0.717) is 0 Å². The highest BCUT2D eigenvalue weighted by atomic mass is 32.1. The molecule has 0 bridgehead atoms. The van der Waals surface area contributed by atoms with Gasteiger partial charge in [-0.3, -0.25) is 0 Å². The molecule has 0 amide bonds. The van der Waals surface area contributed by atoms with Crippen molar-refractivity contribution >= 4 is 23.0 Å². The summed E-state index contributed by atoms with van der Waals surface area (Å²) in [6.45, 7) is 2.41. The first-order valence-electron chi connectivity index (χ1n) is 7.75. The van der Waals surface area contributed by atoms with E-state index in [-0.39, 0.29) is 23.2 Å². The summed E-state index contributed by atoms with van der Waals surface area (Å²) < 4.78 is 44.6. The van der Waals surface area contributed by atoms with Crippen LogP contribution in [0.1, 0.15) is 51.0 Å². The molecule has 0 aliphatic rings. The number of benzene rings is 1. The molecule has 7 heteroatoms. The Hall–Kier alpha value is -1.50. The quantitative estimate of drug-likeness (QED) is 0.481. The van der Waals surface area contributed by atoms with Gasteiger partial charge in [0.25, 0.3) is 0 Å². The number of halogens is 3.